The lowest BCUT2D eigenvalue weighted by molar-refractivity contribution is -0.165. The first-order valence-electron chi connectivity index (χ1n) is 9.21. The third-order valence-electron chi connectivity index (χ3n) is 8.14. The molecular formula is C20H21ClO6. The first kappa shape index (κ1) is 17.4. The molecular weight excluding hydrogens is 372 g/mol. The molecule has 4 fully saturated rings. The number of carbonyl (C=O) groups is 3. The van der Waals surface area contributed by atoms with Crippen LogP contribution in [0.15, 0.2) is 24.3 Å². The minimum atomic E-state index is -1.32. The van der Waals surface area contributed by atoms with E-state index in [1.165, 1.54) is 7.11 Å². The monoisotopic (exact) mass is 392 g/mol. The molecule has 0 aromatic heterocycles. The normalized spacial score (nSPS) is 54.6. The molecule has 5 rings (SSSR count). The quantitative estimate of drug-likeness (QED) is 0.315. The summed E-state index contributed by atoms with van der Waals surface area (Å²) in [5, 5.41) is 10.6. The molecule has 1 heterocycles. The number of esters is 2. The van der Waals surface area contributed by atoms with Crippen LogP contribution in [0.3, 0.4) is 0 Å². The number of fused-ring (bicyclic) bond motifs is 1. The number of allylic oxidation sites excluding steroid dienone is 1. The molecule has 7 heteroatoms. The van der Waals surface area contributed by atoms with Gasteiger partial charge in [-0.05, 0) is 32.3 Å². The van der Waals surface area contributed by atoms with E-state index >= 15 is 0 Å². The van der Waals surface area contributed by atoms with E-state index in [0.717, 1.165) is 0 Å². The van der Waals surface area contributed by atoms with Gasteiger partial charge in [0.2, 0.25) is 0 Å². The fourth-order valence-electron chi connectivity index (χ4n) is 6.98. The summed E-state index contributed by atoms with van der Waals surface area (Å²) < 4.78 is 11.0. The van der Waals surface area contributed by atoms with E-state index < -0.39 is 57.1 Å². The van der Waals surface area contributed by atoms with E-state index in [2.05, 4.69) is 6.58 Å². The number of ketones is 1. The molecule has 144 valence electrons. The molecule has 0 amide bonds. The van der Waals surface area contributed by atoms with Gasteiger partial charge >= 0.3 is 11.9 Å². The highest BCUT2D eigenvalue weighted by Crippen LogP contribution is 2.77. The number of alkyl halides is 1. The average Bonchev–Trinajstić information content (AvgIpc) is 3.04. The van der Waals surface area contributed by atoms with Gasteiger partial charge in [0, 0.05) is 17.4 Å². The van der Waals surface area contributed by atoms with E-state index in [1.54, 1.807) is 19.1 Å². The molecule has 8 atom stereocenters. The third-order valence-corrected chi connectivity index (χ3v) is 8.70. The topological polar surface area (TPSA) is 89.9 Å². The summed E-state index contributed by atoms with van der Waals surface area (Å²) in [6.45, 7) is 5.55. The molecule has 1 aliphatic heterocycles. The Morgan fingerprint density at radius 3 is 2.81 bits per heavy atom. The smallest absolute Gasteiger partial charge is 0.316 e. The maximum atomic E-state index is 13.5. The minimum Gasteiger partial charge on any atom is -0.469 e. The van der Waals surface area contributed by atoms with Crippen molar-refractivity contribution in [2.24, 2.45) is 28.6 Å². The zero-order valence-electron chi connectivity index (χ0n) is 15.2. The average molecular weight is 393 g/mol. The molecule has 5 aliphatic rings. The van der Waals surface area contributed by atoms with Crippen molar-refractivity contribution in [2.75, 3.05) is 7.11 Å². The SMILES string of the molecule is C=C1C(=O)[C@]23C[C@@]1(Cl)CC[C@H]2[C@@]12C=C[C@H](O)[C@](C)(C(=O)O1)[C@H]2[C@@H]3C(=O)OC. The van der Waals surface area contributed by atoms with Crippen molar-refractivity contribution < 1.29 is 29.0 Å². The van der Waals surface area contributed by atoms with Gasteiger partial charge in [0.25, 0.3) is 0 Å². The van der Waals surface area contributed by atoms with Crippen LogP contribution in [-0.2, 0) is 23.9 Å². The second kappa shape index (κ2) is 4.66. The van der Waals surface area contributed by atoms with Crippen LogP contribution in [0.2, 0.25) is 0 Å². The zero-order chi connectivity index (χ0) is 19.6. The maximum Gasteiger partial charge on any atom is 0.316 e. The summed E-state index contributed by atoms with van der Waals surface area (Å²) in [6.07, 6.45) is 3.49. The van der Waals surface area contributed by atoms with Crippen molar-refractivity contribution in [3.05, 3.63) is 24.3 Å². The number of rotatable bonds is 1. The number of aliphatic hydroxyl groups is 1. The van der Waals surface area contributed by atoms with Crippen molar-refractivity contribution in [1.82, 2.24) is 0 Å². The fourth-order valence-corrected chi connectivity index (χ4v) is 7.39. The Kier molecular flexibility index (Phi) is 3.01. The van der Waals surface area contributed by atoms with Crippen LogP contribution < -0.4 is 0 Å². The highest BCUT2D eigenvalue weighted by molar-refractivity contribution is 6.32. The molecule has 1 N–H and O–H groups in total. The molecule has 6 nitrogen and oxygen atoms in total. The number of Topliss-reactive ketones (excluding diaryl/α,β-unsaturated/α-hetero) is 1. The first-order valence-corrected chi connectivity index (χ1v) is 9.59. The van der Waals surface area contributed by atoms with Gasteiger partial charge in [0.1, 0.15) is 11.0 Å². The van der Waals surface area contributed by atoms with Crippen molar-refractivity contribution >= 4 is 29.3 Å². The van der Waals surface area contributed by atoms with Gasteiger partial charge in [-0.1, -0.05) is 12.7 Å². The number of ether oxygens (including phenoxy) is 2. The van der Waals surface area contributed by atoms with Crippen LogP contribution in [0.25, 0.3) is 0 Å². The highest BCUT2D eigenvalue weighted by Gasteiger charge is 2.85. The number of methoxy groups -OCH3 is 1. The Labute approximate surface area is 161 Å². The van der Waals surface area contributed by atoms with E-state index in [1.807, 2.05) is 0 Å². The number of carbonyl (C=O) groups excluding carboxylic acids is 3. The number of hydrogen-bond acceptors (Lipinski definition) is 6. The maximum absolute atomic E-state index is 13.5. The second-order valence-corrected chi connectivity index (χ2v) is 9.61. The van der Waals surface area contributed by atoms with Crippen LogP contribution in [0.4, 0.5) is 0 Å². The van der Waals surface area contributed by atoms with Gasteiger partial charge in [-0.25, -0.2) is 0 Å². The summed E-state index contributed by atoms with van der Waals surface area (Å²) >= 11 is 6.76. The molecule has 4 aliphatic carbocycles. The Balaban J connectivity index is 1.82. The lowest BCUT2D eigenvalue weighted by Gasteiger charge is -2.42. The van der Waals surface area contributed by atoms with Crippen LogP contribution in [0.5, 0.6) is 0 Å². The van der Waals surface area contributed by atoms with E-state index in [4.69, 9.17) is 21.1 Å². The summed E-state index contributed by atoms with van der Waals surface area (Å²) in [6, 6.07) is 0. The van der Waals surface area contributed by atoms with Crippen molar-refractivity contribution in [3.63, 3.8) is 0 Å². The van der Waals surface area contributed by atoms with E-state index in [9.17, 15) is 19.5 Å². The Hall–Kier alpha value is -1.66. The first-order chi connectivity index (χ1) is 12.6. The lowest BCUT2D eigenvalue weighted by Crippen LogP contribution is -2.51. The third kappa shape index (κ3) is 1.52. The molecule has 1 spiro atoms. The number of hydrogen-bond donors (Lipinski definition) is 1. The molecule has 0 aromatic carbocycles. The van der Waals surface area contributed by atoms with Gasteiger partial charge in [-0.15, -0.1) is 11.6 Å². The standard InChI is InChI=1S/C20H21ClO6/c1-9-14(23)19-8-18(9,21)6-4-10(19)20-7-5-11(22)17(2,16(25)27-20)13(20)12(19)15(24)26-3/h5,7,10-13,22H,1,4,6,8H2,2-3H3/t10-,11+,12-,13-,17+,18+,19-,20-/m1/s1. The van der Waals surface area contributed by atoms with Crippen LogP contribution in [0.1, 0.15) is 26.2 Å². The van der Waals surface area contributed by atoms with Crippen LogP contribution in [-0.4, -0.2) is 46.5 Å². The van der Waals surface area contributed by atoms with E-state index in [0.29, 0.717) is 18.4 Å². The molecule has 4 bridgehead atoms. The molecule has 0 radical (unpaired) electrons. The van der Waals surface area contributed by atoms with Gasteiger partial charge in [0.05, 0.1) is 29.4 Å². The zero-order valence-corrected chi connectivity index (χ0v) is 15.9. The van der Waals surface area contributed by atoms with Crippen molar-refractivity contribution in [2.45, 2.75) is 42.8 Å². The molecule has 27 heavy (non-hydrogen) atoms. The summed E-state index contributed by atoms with van der Waals surface area (Å²) in [7, 11) is 1.27. The fraction of sp³-hybridized carbons (Fsp3) is 0.650. The van der Waals surface area contributed by atoms with Crippen molar-refractivity contribution in [3.8, 4) is 0 Å². The largest absolute Gasteiger partial charge is 0.469 e. The van der Waals surface area contributed by atoms with Crippen molar-refractivity contribution in [1.29, 1.82) is 0 Å². The van der Waals surface area contributed by atoms with Crippen LogP contribution in [0, 0.1) is 28.6 Å². The summed E-state index contributed by atoms with van der Waals surface area (Å²) in [4.78, 5) is 38.5. The Morgan fingerprint density at radius 2 is 2.15 bits per heavy atom. The predicted octanol–water partition coefficient (Wildman–Crippen LogP) is 1.54. The molecule has 3 saturated carbocycles. The highest BCUT2D eigenvalue weighted by atomic mass is 35.5. The molecule has 0 unspecified atom stereocenters. The minimum absolute atomic E-state index is 0.229. The van der Waals surface area contributed by atoms with Gasteiger partial charge < -0.3 is 14.6 Å². The molecule has 0 aromatic rings. The predicted molar refractivity (Wildman–Crippen MR) is 93.6 cm³/mol. The lowest BCUT2D eigenvalue weighted by atomic mass is 9.61. The van der Waals surface area contributed by atoms with Crippen LogP contribution >= 0.6 is 11.6 Å². The van der Waals surface area contributed by atoms with Gasteiger partial charge in [-0.2, -0.15) is 0 Å². The van der Waals surface area contributed by atoms with Gasteiger partial charge in [0.15, 0.2) is 5.78 Å². The van der Waals surface area contributed by atoms with E-state index in [-0.39, 0.29) is 12.2 Å². The Bertz CT molecular complexity index is 865. The molecule has 1 saturated heterocycles. The summed E-state index contributed by atoms with van der Waals surface area (Å²) in [5.41, 5.74) is -3.22. The number of halogens is 1. The Morgan fingerprint density at radius 1 is 1.44 bits per heavy atom. The number of aliphatic hydroxyl groups excluding tert-OH is 1. The second-order valence-electron chi connectivity index (χ2n) is 8.89. The summed E-state index contributed by atoms with van der Waals surface area (Å²) in [5.74, 6) is -3.35. The van der Waals surface area contributed by atoms with Gasteiger partial charge in [-0.3, -0.25) is 14.4 Å².